The summed E-state index contributed by atoms with van der Waals surface area (Å²) < 4.78 is 18.5. The molecular weight excluding hydrogens is 552 g/mol. The van der Waals surface area contributed by atoms with Crippen molar-refractivity contribution >= 4 is 19.2 Å². The number of rotatable bonds is 7. The highest BCUT2D eigenvalue weighted by molar-refractivity contribution is 6.74. The van der Waals surface area contributed by atoms with Crippen molar-refractivity contribution in [2.24, 2.45) is 7.05 Å². The molecule has 0 radical (unpaired) electrons. The molecule has 43 heavy (non-hydrogen) atoms. The first-order valence-electron chi connectivity index (χ1n) is 15.4. The lowest BCUT2D eigenvalue weighted by molar-refractivity contribution is -0.0286. The van der Waals surface area contributed by atoms with Gasteiger partial charge in [0, 0.05) is 41.5 Å². The number of pyridine rings is 1. The molecule has 2 aliphatic rings. The molecule has 8 heteroatoms. The first-order chi connectivity index (χ1) is 20.4. The molecule has 4 aromatic rings. The van der Waals surface area contributed by atoms with E-state index in [1.54, 1.807) is 4.57 Å². The van der Waals surface area contributed by atoms with Crippen LogP contribution in [0.3, 0.4) is 0 Å². The second-order valence-corrected chi connectivity index (χ2v) is 18.5. The highest BCUT2D eigenvalue weighted by Gasteiger charge is 2.46. The van der Waals surface area contributed by atoms with Crippen LogP contribution in [-0.2, 0) is 21.6 Å². The molecule has 1 fully saturated rings. The van der Waals surface area contributed by atoms with Crippen molar-refractivity contribution < 1.29 is 9.16 Å². The van der Waals surface area contributed by atoms with Crippen molar-refractivity contribution in [1.82, 2.24) is 18.9 Å². The maximum atomic E-state index is 14.2. The molecule has 6 rings (SSSR count). The number of hydrogen-bond acceptors (Lipinski definition) is 4. The minimum atomic E-state index is -2.13. The third-order valence-electron chi connectivity index (χ3n) is 10.00. The molecule has 0 bridgehead atoms. The summed E-state index contributed by atoms with van der Waals surface area (Å²) in [5, 5.41) is 5.72. The molecule has 2 unspecified atom stereocenters. The van der Waals surface area contributed by atoms with Gasteiger partial charge in [-0.1, -0.05) is 70.2 Å². The Kier molecular flexibility index (Phi) is 7.30. The smallest absolute Gasteiger partial charge is 0.275 e. The number of aryl methyl sites for hydroxylation is 2. The van der Waals surface area contributed by atoms with Crippen molar-refractivity contribution in [2.45, 2.75) is 76.7 Å². The molecule has 1 aliphatic carbocycles. The molecule has 0 N–H and O–H groups in total. The molecular formula is C35H44N4O3Si. The highest BCUT2D eigenvalue weighted by atomic mass is 28.4. The maximum Gasteiger partial charge on any atom is 0.275 e. The van der Waals surface area contributed by atoms with Gasteiger partial charge in [-0.3, -0.25) is 9.48 Å². The molecule has 3 aromatic heterocycles. The van der Waals surface area contributed by atoms with Gasteiger partial charge in [-0.15, -0.1) is 0 Å². The second-order valence-electron chi connectivity index (χ2n) is 13.7. The minimum absolute atomic E-state index is 0.0310. The lowest BCUT2D eigenvalue weighted by atomic mass is 9.71. The largest absolute Gasteiger partial charge is 0.409 e. The normalized spacial score (nSPS) is 21.1. The number of allylic oxidation sites excluding steroid dienone is 2. The summed E-state index contributed by atoms with van der Waals surface area (Å²) in [5.41, 5.74) is 5.30. The summed E-state index contributed by atoms with van der Waals surface area (Å²) in [4.78, 5) is 14.2. The summed E-state index contributed by atoms with van der Waals surface area (Å²) in [6.45, 7) is 17.1. The number of nitrogens with zero attached hydrogens (tertiary/aromatic N) is 4. The zero-order chi connectivity index (χ0) is 30.7. The molecule has 1 aromatic carbocycles. The minimum Gasteiger partial charge on any atom is -0.409 e. The molecule has 7 nitrogen and oxygen atoms in total. The van der Waals surface area contributed by atoms with Crippen LogP contribution in [0.1, 0.15) is 51.3 Å². The van der Waals surface area contributed by atoms with Gasteiger partial charge in [0.2, 0.25) is 0 Å². The standard InChI is InChI=1S/C35H44N4O3Si/c1-9-35(17-13-12-16-31(35)42-43(7,8)34(3,4)5)28-21-37(6)33(40)32-27(28)18-30(39(32)29-15-11-10-14-24(29)2)25-19-36-38(20-25)26-22-41-23-26/h10-21,26,31H,9,22-23H2,1-8H3. The van der Waals surface area contributed by atoms with Crippen LogP contribution in [0.2, 0.25) is 18.1 Å². The van der Waals surface area contributed by atoms with Crippen molar-refractivity contribution in [3.63, 3.8) is 0 Å². The fraction of sp³-hybridized carbons (Fsp3) is 0.429. The van der Waals surface area contributed by atoms with E-state index in [0.717, 1.165) is 39.9 Å². The average molecular weight is 597 g/mol. The number of para-hydroxylation sites is 1. The van der Waals surface area contributed by atoms with E-state index in [1.807, 2.05) is 36.3 Å². The summed E-state index contributed by atoms with van der Waals surface area (Å²) in [7, 11) is -0.262. The Labute approximate surface area is 255 Å². The Hall–Kier alpha value is -3.46. The first kappa shape index (κ1) is 29.6. The Bertz CT molecular complexity index is 1800. The predicted octanol–water partition coefficient (Wildman–Crippen LogP) is 7.24. The van der Waals surface area contributed by atoms with Crippen LogP contribution in [0.4, 0.5) is 0 Å². The van der Waals surface area contributed by atoms with Crippen LogP contribution in [0.15, 0.2) is 78.0 Å². The number of ether oxygens (including phenoxy) is 1. The van der Waals surface area contributed by atoms with Gasteiger partial charge in [0.1, 0.15) is 5.52 Å². The summed E-state index contributed by atoms with van der Waals surface area (Å²) in [5.74, 6) is 0. The quantitative estimate of drug-likeness (QED) is 0.211. The second kappa shape index (κ2) is 10.6. The van der Waals surface area contributed by atoms with Gasteiger partial charge in [0.05, 0.1) is 37.3 Å². The van der Waals surface area contributed by atoms with Gasteiger partial charge in [-0.05, 0) is 54.7 Å². The van der Waals surface area contributed by atoms with Crippen molar-refractivity contribution in [3.8, 4) is 16.9 Å². The lowest BCUT2D eigenvalue weighted by Crippen LogP contribution is -2.50. The van der Waals surface area contributed by atoms with Crippen LogP contribution in [0, 0.1) is 6.92 Å². The highest BCUT2D eigenvalue weighted by Crippen LogP contribution is 2.46. The van der Waals surface area contributed by atoms with E-state index in [1.165, 1.54) is 0 Å². The van der Waals surface area contributed by atoms with Crippen LogP contribution in [0.25, 0.3) is 27.8 Å². The van der Waals surface area contributed by atoms with E-state index >= 15 is 0 Å². The van der Waals surface area contributed by atoms with Crippen molar-refractivity contribution in [1.29, 1.82) is 0 Å². The number of fused-ring (bicyclic) bond motifs is 1. The first-order valence-corrected chi connectivity index (χ1v) is 18.3. The van der Waals surface area contributed by atoms with E-state index < -0.39 is 13.7 Å². The SMILES string of the molecule is CCC1(c2cn(C)c(=O)c3c2cc(-c2cnn(C4COC4)c2)n3-c2ccccc2C)C=CC=CC1O[Si](C)(C)C(C)(C)C. The van der Waals surface area contributed by atoms with E-state index in [-0.39, 0.29) is 22.7 Å². The number of benzene rings is 1. The molecule has 226 valence electrons. The third kappa shape index (κ3) is 4.80. The van der Waals surface area contributed by atoms with Crippen molar-refractivity contribution in [2.75, 3.05) is 13.2 Å². The fourth-order valence-electron chi connectivity index (χ4n) is 6.16. The molecule has 1 aliphatic heterocycles. The van der Waals surface area contributed by atoms with Gasteiger partial charge in [-0.25, -0.2) is 0 Å². The molecule has 4 heterocycles. The van der Waals surface area contributed by atoms with Gasteiger partial charge in [-0.2, -0.15) is 5.10 Å². The number of aromatic nitrogens is 4. The summed E-state index contributed by atoms with van der Waals surface area (Å²) in [6, 6.07) is 10.7. The van der Waals surface area contributed by atoms with E-state index in [4.69, 9.17) is 14.3 Å². The van der Waals surface area contributed by atoms with Crippen LogP contribution >= 0.6 is 0 Å². The van der Waals surface area contributed by atoms with Gasteiger partial charge >= 0.3 is 0 Å². The Balaban J connectivity index is 1.64. The molecule has 1 saturated heterocycles. The fourth-order valence-corrected chi connectivity index (χ4v) is 7.44. The maximum absolute atomic E-state index is 14.2. The predicted molar refractivity (Wildman–Crippen MR) is 177 cm³/mol. The van der Waals surface area contributed by atoms with Crippen LogP contribution in [0.5, 0.6) is 0 Å². The van der Waals surface area contributed by atoms with E-state index in [9.17, 15) is 4.79 Å². The molecule has 0 amide bonds. The zero-order valence-corrected chi connectivity index (χ0v) is 27.7. The molecule has 0 saturated carbocycles. The van der Waals surface area contributed by atoms with Crippen LogP contribution < -0.4 is 5.56 Å². The summed E-state index contributed by atoms with van der Waals surface area (Å²) in [6.07, 6.45) is 15.5. The van der Waals surface area contributed by atoms with Gasteiger partial charge in [0.15, 0.2) is 8.32 Å². The molecule has 2 atom stereocenters. The van der Waals surface area contributed by atoms with E-state index in [0.29, 0.717) is 18.7 Å². The van der Waals surface area contributed by atoms with Gasteiger partial charge in [0.25, 0.3) is 5.56 Å². The van der Waals surface area contributed by atoms with E-state index in [2.05, 4.69) is 101 Å². The Morgan fingerprint density at radius 2 is 1.88 bits per heavy atom. The monoisotopic (exact) mass is 596 g/mol. The Morgan fingerprint density at radius 1 is 1.14 bits per heavy atom. The number of hydrogen-bond donors (Lipinski definition) is 0. The third-order valence-corrected chi connectivity index (χ3v) is 14.5. The van der Waals surface area contributed by atoms with Crippen molar-refractivity contribution in [3.05, 3.63) is 94.7 Å². The van der Waals surface area contributed by atoms with Gasteiger partial charge < -0.3 is 18.3 Å². The van der Waals surface area contributed by atoms with Crippen LogP contribution in [-0.4, -0.2) is 46.5 Å². The zero-order valence-electron chi connectivity index (χ0n) is 26.7. The topological polar surface area (TPSA) is 63.2 Å². The molecule has 0 spiro atoms. The average Bonchev–Trinajstić information content (AvgIpc) is 3.55. The Morgan fingerprint density at radius 3 is 2.53 bits per heavy atom. The lowest BCUT2D eigenvalue weighted by Gasteiger charge is -2.46. The summed E-state index contributed by atoms with van der Waals surface area (Å²) >= 11 is 0.